The summed E-state index contributed by atoms with van der Waals surface area (Å²) in [5, 5.41) is 2.65. The Hall–Kier alpha value is -2.89. The van der Waals surface area contributed by atoms with E-state index in [2.05, 4.69) is 10.3 Å². The van der Waals surface area contributed by atoms with E-state index in [1.165, 1.54) is 13.2 Å². The lowest BCUT2D eigenvalue weighted by Crippen LogP contribution is -2.24. The highest BCUT2D eigenvalue weighted by Gasteiger charge is 2.03. The number of nitrogens with zero attached hydrogens (tertiary/aromatic N) is 1. The minimum atomic E-state index is -0.475. The van der Waals surface area contributed by atoms with Crippen molar-refractivity contribution >= 4 is 12.2 Å². The van der Waals surface area contributed by atoms with E-state index in [9.17, 15) is 9.18 Å². The third-order valence-electron chi connectivity index (χ3n) is 3.13. The molecule has 0 radical (unpaired) electrons. The average Bonchev–Trinajstić information content (AvgIpc) is 2.61. The molecule has 0 bridgehead atoms. The first-order valence-electron chi connectivity index (χ1n) is 7.49. The van der Waals surface area contributed by atoms with Crippen LogP contribution < -0.4 is 10.1 Å². The quantitative estimate of drug-likeness (QED) is 0.789. The molecule has 1 aromatic carbocycles. The van der Waals surface area contributed by atoms with Crippen molar-refractivity contribution in [3.63, 3.8) is 0 Å². The molecule has 0 saturated heterocycles. The van der Waals surface area contributed by atoms with Gasteiger partial charge in [-0.1, -0.05) is 42.5 Å². The molecule has 5 nitrogen and oxygen atoms in total. The van der Waals surface area contributed by atoms with Gasteiger partial charge in [-0.05, 0) is 18.1 Å². The summed E-state index contributed by atoms with van der Waals surface area (Å²) in [6.07, 6.45) is 4.69. The largest absolute Gasteiger partial charge is 0.481 e. The number of carbonyl (C=O) groups excluding carboxylic acids is 1. The van der Waals surface area contributed by atoms with Crippen LogP contribution in [0.3, 0.4) is 0 Å². The third-order valence-corrected chi connectivity index (χ3v) is 3.13. The lowest BCUT2D eigenvalue weighted by molar-refractivity contribution is 0.140. The van der Waals surface area contributed by atoms with Crippen LogP contribution in [0, 0.1) is 5.82 Å². The first-order chi connectivity index (χ1) is 11.7. The molecule has 0 aliphatic rings. The van der Waals surface area contributed by atoms with Gasteiger partial charge < -0.3 is 14.8 Å². The van der Waals surface area contributed by atoms with Crippen molar-refractivity contribution < 1.29 is 18.7 Å². The number of rotatable bonds is 7. The van der Waals surface area contributed by atoms with Gasteiger partial charge >= 0.3 is 6.09 Å². The summed E-state index contributed by atoms with van der Waals surface area (Å²) in [6, 6.07) is 10.8. The molecule has 6 heteroatoms. The minimum absolute atomic E-state index is 0.231. The summed E-state index contributed by atoms with van der Waals surface area (Å²) in [7, 11) is 1.47. The molecular formula is C18H19FN2O3. The molecule has 2 rings (SSSR count). The third kappa shape index (κ3) is 5.72. The van der Waals surface area contributed by atoms with E-state index in [1.807, 2.05) is 30.3 Å². The molecule has 126 valence electrons. The zero-order valence-electron chi connectivity index (χ0n) is 13.4. The van der Waals surface area contributed by atoms with E-state index in [1.54, 1.807) is 12.2 Å². The molecule has 1 heterocycles. The number of aromatic nitrogens is 1. The second-order valence-corrected chi connectivity index (χ2v) is 4.93. The van der Waals surface area contributed by atoms with Crippen LogP contribution in [0.15, 0.2) is 48.7 Å². The van der Waals surface area contributed by atoms with Gasteiger partial charge in [0.1, 0.15) is 12.4 Å². The molecule has 0 atom stereocenters. The molecule has 0 fully saturated rings. The number of amides is 1. The topological polar surface area (TPSA) is 60.5 Å². The van der Waals surface area contributed by atoms with E-state index < -0.39 is 11.9 Å². The van der Waals surface area contributed by atoms with Gasteiger partial charge in [-0.2, -0.15) is 0 Å². The first-order valence-corrected chi connectivity index (χ1v) is 7.49. The summed E-state index contributed by atoms with van der Waals surface area (Å²) < 4.78 is 23.3. The fourth-order valence-corrected chi connectivity index (χ4v) is 1.97. The smallest absolute Gasteiger partial charge is 0.407 e. The lowest BCUT2D eigenvalue weighted by atomic mass is 10.2. The van der Waals surface area contributed by atoms with Gasteiger partial charge in [0.25, 0.3) is 0 Å². The summed E-state index contributed by atoms with van der Waals surface area (Å²) in [6.45, 7) is 0.643. The maximum absolute atomic E-state index is 13.2. The van der Waals surface area contributed by atoms with E-state index in [-0.39, 0.29) is 6.61 Å². The highest BCUT2D eigenvalue weighted by atomic mass is 19.1. The van der Waals surface area contributed by atoms with Crippen molar-refractivity contribution in [2.75, 3.05) is 13.7 Å². The number of benzene rings is 1. The van der Waals surface area contributed by atoms with Gasteiger partial charge in [0.2, 0.25) is 5.88 Å². The second-order valence-electron chi connectivity index (χ2n) is 4.93. The average molecular weight is 330 g/mol. The van der Waals surface area contributed by atoms with Gasteiger partial charge in [0, 0.05) is 12.1 Å². The fourth-order valence-electron chi connectivity index (χ4n) is 1.97. The Balaban J connectivity index is 1.70. The molecule has 0 aliphatic heterocycles. The van der Waals surface area contributed by atoms with E-state index >= 15 is 0 Å². The monoisotopic (exact) mass is 330 g/mol. The van der Waals surface area contributed by atoms with Crippen molar-refractivity contribution in [1.82, 2.24) is 10.3 Å². The fraction of sp³-hybridized carbons (Fsp3) is 0.222. The summed E-state index contributed by atoms with van der Waals surface area (Å²) in [5.74, 6) is -0.0825. The Morgan fingerprint density at radius 2 is 2.12 bits per heavy atom. The highest BCUT2D eigenvalue weighted by Crippen LogP contribution is 2.17. The zero-order valence-corrected chi connectivity index (χ0v) is 13.4. The first kappa shape index (κ1) is 17.5. The number of hydrogen-bond donors (Lipinski definition) is 1. The standard InChI is InChI=1S/C18H19FN2O3/c1-23-17-15(11-16(19)12-21-17)9-5-6-10-20-18(22)24-13-14-7-3-2-4-8-14/h2-5,7-9,11-12H,6,10,13H2,1H3,(H,20,22). The number of ether oxygens (including phenoxy) is 2. The van der Waals surface area contributed by atoms with Crippen LogP contribution >= 0.6 is 0 Å². The van der Waals surface area contributed by atoms with Gasteiger partial charge in [-0.3, -0.25) is 0 Å². The summed E-state index contributed by atoms with van der Waals surface area (Å²) >= 11 is 0. The van der Waals surface area contributed by atoms with Crippen LogP contribution in [0.2, 0.25) is 0 Å². The predicted molar refractivity (Wildman–Crippen MR) is 89.0 cm³/mol. The Kier molecular flexibility index (Phi) is 6.76. The lowest BCUT2D eigenvalue weighted by Gasteiger charge is -2.06. The Morgan fingerprint density at radius 3 is 2.88 bits per heavy atom. The maximum atomic E-state index is 13.2. The van der Waals surface area contributed by atoms with Crippen LogP contribution in [0.5, 0.6) is 5.88 Å². The van der Waals surface area contributed by atoms with E-state index in [0.717, 1.165) is 11.8 Å². The molecule has 1 N–H and O–H groups in total. The second kappa shape index (κ2) is 9.29. The predicted octanol–water partition coefficient (Wildman–Crippen LogP) is 3.56. The summed E-state index contributed by atoms with van der Waals surface area (Å²) in [5.41, 5.74) is 1.47. The van der Waals surface area contributed by atoms with Gasteiger partial charge in [-0.25, -0.2) is 14.2 Å². The van der Waals surface area contributed by atoms with Gasteiger partial charge in [0.15, 0.2) is 0 Å². The molecular weight excluding hydrogens is 311 g/mol. The Labute approximate surface area is 140 Å². The van der Waals surface area contributed by atoms with Crippen molar-refractivity contribution in [3.8, 4) is 5.88 Å². The highest BCUT2D eigenvalue weighted by molar-refractivity contribution is 5.67. The van der Waals surface area contributed by atoms with Crippen LogP contribution in [-0.4, -0.2) is 24.7 Å². The Bertz CT molecular complexity index is 690. The molecule has 1 aromatic heterocycles. The number of nitrogens with one attached hydrogen (secondary N) is 1. The molecule has 2 aromatic rings. The molecule has 0 unspecified atom stereocenters. The Morgan fingerprint density at radius 1 is 1.33 bits per heavy atom. The maximum Gasteiger partial charge on any atom is 0.407 e. The molecule has 24 heavy (non-hydrogen) atoms. The van der Waals surface area contributed by atoms with Gasteiger partial charge in [0.05, 0.1) is 13.3 Å². The van der Waals surface area contributed by atoms with Gasteiger partial charge in [-0.15, -0.1) is 0 Å². The number of alkyl carbamates (subject to hydrolysis) is 1. The minimum Gasteiger partial charge on any atom is -0.481 e. The van der Waals surface area contributed by atoms with Crippen LogP contribution in [0.1, 0.15) is 17.5 Å². The zero-order chi connectivity index (χ0) is 17.2. The van der Waals surface area contributed by atoms with Crippen LogP contribution in [0.25, 0.3) is 6.08 Å². The number of pyridine rings is 1. The molecule has 0 spiro atoms. The van der Waals surface area contributed by atoms with Crippen molar-refractivity contribution in [1.29, 1.82) is 0 Å². The molecule has 1 amide bonds. The van der Waals surface area contributed by atoms with Crippen molar-refractivity contribution in [2.45, 2.75) is 13.0 Å². The van der Waals surface area contributed by atoms with E-state index in [0.29, 0.717) is 24.4 Å². The molecule has 0 saturated carbocycles. The normalized spacial score (nSPS) is 10.6. The van der Waals surface area contributed by atoms with Crippen LogP contribution in [-0.2, 0) is 11.3 Å². The van der Waals surface area contributed by atoms with E-state index in [4.69, 9.17) is 9.47 Å². The number of halogens is 1. The number of carbonyl (C=O) groups is 1. The van der Waals surface area contributed by atoms with Crippen molar-refractivity contribution in [3.05, 3.63) is 65.6 Å². The SMILES string of the molecule is COc1ncc(F)cc1C=CCCNC(=O)OCc1ccccc1. The number of hydrogen-bond acceptors (Lipinski definition) is 4. The van der Waals surface area contributed by atoms with Crippen LogP contribution in [0.4, 0.5) is 9.18 Å². The molecule has 0 aliphatic carbocycles. The summed E-state index contributed by atoms with van der Waals surface area (Å²) in [4.78, 5) is 15.4. The number of methoxy groups -OCH3 is 1. The van der Waals surface area contributed by atoms with Crippen molar-refractivity contribution in [2.24, 2.45) is 0 Å².